The number of anilines is 1. The Morgan fingerprint density at radius 1 is 1.12 bits per heavy atom. The molecule has 0 aliphatic carbocycles. The smallest absolute Gasteiger partial charge is 0.224 e. The molecule has 4 heteroatoms. The van der Waals surface area contributed by atoms with Crippen LogP contribution in [0.5, 0.6) is 5.75 Å². The summed E-state index contributed by atoms with van der Waals surface area (Å²) in [4.78, 5) is 16.3. The minimum atomic E-state index is 0.0729. The van der Waals surface area contributed by atoms with Crippen LogP contribution in [-0.2, 0) is 4.79 Å². The number of aliphatic imine (C=N–C) groups is 1. The number of methoxy groups -OCH3 is 1. The quantitative estimate of drug-likeness (QED) is 0.494. The van der Waals surface area contributed by atoms with E-state index in [0.717, 1.165) is 35.5 Å². The predicted molar refractivity (Wildman–Crippen MR) is 104 cm³/mol. The first-order chi connectivity index (χ1) is 12.2. The van der Waals surface area contributed by atoms with Gasteiger partial charge in [-0.05, 0) is 48.4 Å². The van der Waals surface area contributed by atoms with Crippen molar-refractivity contribution in [2.45, 2.75) is 39.0 Å². The van der Waals surface area contributed by atoms with E-state index in [-0.39, 0.29) is 5.91 Å². The molecule has 0 saturated carbocycles. The minimum absolute atomic E-state index is 0.0729. The van der Waals surface area contributed by atoms with Gasteiger partial charge in [0.1, 0.15) is 5.75 Å². The normalized spacial score (nSPS) is 10.8. The number of nitrogens with zero attached hydrogens (tertiary/aromatic N) is 1. The van der Waals surface area contributed by atoms with Crippen LogP contribution in [0.2, 0.25) is 0 Å². The van der Waals surface area contributed by atoms with Crippen LogP contribution in [0.4, 0.5) is 11.4 Å². The van der Waals surface area contributed by atoms with E-state index in [0.29, 0.717) is 6.42 Å². The molecule has 132 valence electrons. The van der Waals surface area contributed by atoms with Crippen LogP contribution >= 0.6 is 0 Å². The molecule has 0 atom stereocenters. The summed E-state index contributed by atoms with van der Waals surface area (Å²) in [6, 6.07) is 15.3. The molecule has 1 amide bonds. The number of amides is 1. The molecule has 4 nitrogen and oxygen atoms in total. The second-order valence-corrected chi connectivity index (χ2v) is 5.94. The van der Waals surface area contributed by atoms with Gasteiger partial charge >= 0.3 is 0 Å². The SMILES string of the molecule is CCCCCCC(=O)Nc1ccc(N=Cc2cccc(OC)c2)cc1. The molecule has 0 bridgehead atoms. The average Bonchev–Trinajstić information content (AvgIpc) is 2.65. The van der Waals surface area contributed by atoms with Crippen LogP contribution < -0.4 is 10.1 Å². The van der Waals surface area contributed by atoms with Crippen LogP contribution in [0, 0.1) is 0 Å². The van der Waals surface area contributed by atoms with Crippen LogP contribution in [-0.4, -0.2) is 19.2 Å². The van der Waals surface area contributed by atoms with Crippen molar-refractivity contribution in [3.8, 4) is 5.75 Å². The Morgan fingerprint density at radius 2 is 1.92 bits per heavy atom. The zero-order chi connectivity index (χ0) is 17.9. The molecule has 0 aliphatic rings. The third-order valence-corrected chi connectivity index (χ3v) is 3.86. The molecule has 0 aromatic heterocycles. The zero-order valence-electron chi connectivity index (χ0n) is 15.0. The van der Waals surface area contributed by atoms with Crippen molar-refractivity contribution in [1.82, 2.24) is 0 Å². The molecule has 0 fully saturated rings. The molecule has 0 spiro atoms. The Bertz CT molecular complexity index is 693. The molecular formula is C21H26N2O2. The van der Waals surface area contributed by atoms with Crippen molar-refractivity contribution in [3.05, 3.63) is 54.1 Å². The highest BCUT2D eigenvalue weighted by Crippen LogP contribution is 2.18. The van der Waals surface area contributed by atoms with Gasteiger partial charge in [0.25, 0.3) is 0 Å². The second-order valence-electron chi connectivity index (χ2n) is 5.94. The zero-order valence-corrected chi connectivity index (χ0v) is 15.0. The van der Waals surface area contributed by atoms with Crippen molar-refractivity contribution in [2.75, 3.05) is 12.4 Å². The maximum absolute atomic E-state index is 11.9. The number of benzene rings is 2. The number of unbranched alkanes of at least 4 members (excludes halogenated alkanes) is 3. The van der Waals surface area contributed by atoms with Crippen LogP contribution in [0.15, 0.2) is 53.5 Å². The number of rotatable bonds is 9. The van der Waals surface area contributed by atoms with Gasteiger partial charge in [0.05, 0.1) is 12.8 Å². The van der Waals surface area contributed by atoms with Gasteiger partial charge in [-0.15, -0.1) is 0 Å². The fourth-order valence-corrected chi connectivity index (χ4v) is 2.44. The number of carbonyl (C=O) groups is 1. The lowest BCUT2D eigenvalue weighted by molar-refractivity contribution is -0.116. The van der Waals surface area contributed by atoms with Crippen molar-refractivity contribution < 1.29 is 9.53 Å². The molecule has 0 heterocycles. The Hall–Kier alpha value is -2.62. The summed E-state index contributed by atoms with van der Waals surface area (Å²) in [5, 5.41) is 2.93. The topological polar surface area (TPSA) is 50.7 Å². The van der Waals surface area contributed by atoms with E-state index < -0.39 is 0 Å². The number of carbonyl (C=O) groups excluding carboxylic acids is 1. The molecule has 0 unspecified atom stereocenters. The van der Waals surface area contributed by atoms with Gasteiger partial charge in [-0.3, -0.25) is 9.79 Å². The van der Waals surface area contributed by atoms with Crippen LogP contribution in [0.1, 0.15) is 44.6 Å². The first-order valence-corrected chi connectivity index (χ1v) is 8.79. The Balaban J connectivity index is 1.86. The van der Waals surface area contributed by atoms with Gasteiger partial charge in [-0.1, -0.05) is 38.3 Å². The van der Waals surface area contributed by atoms with Gasteiger partial charge in [0, 0.05) is 18.3 Å². The first kappa shape index (κ1) is 18.7. The van der Waals surface area contributed by atoms with Crippen molar-refractivity contribution in [1.29, 1.82) is 0 Å². The summed E-state index contributed by atoms with van der Waals surface area (Å²) in [5.41, 5.74) is 2.62. The predicted octanol–water partition coefficient (Wildman–Crippen LogP) is 5.35. The standard InChI is InChI=1S/C21H26N2O2/c1-3-4-5-6-10-21(24)23-19-13-11-18(12-14-19)22-16-17-8-7-9-20(15-17)25-2/h7-9,11-16H,3-6,10H2,1-2H3,(H,23,24). The molecule has 0 radical (unpaired) electrons. The lowest BCUT2D eigenvalue weighted by atomic mass is 10.1. The van der Waals surface area contributed by atoms with Gasteiger partial charge in [0.15, 0.2) is 0 Å². The fourth-order valence-electron chi connectivity index (χ4n) is 2.44. The molecule has 0 aliphatic heterocycles. The average molecular weight is 338 g/mol. The van der Waals surface area contributed by atoms with Gasteiger partial charge in [-0.2, -0.15) is 0 Å². The van der Waals surface area contributed by atoms with Gasteiger partial charge in [-0.25, -0.2) is 0 Å². The lowest BCUT2D eigenvalue weighted by Gasteiger charge is -2.05. The largest absolute Gasteiger partial charge is 0.497 e. The first-order valence-electron chi connectivity index (χ1n) is 8.79. The summed E-state index contributed by atoms with van der Waals surface area (Å²) in [7, 11) is 1.65. The van der Waals surface area contributed by atoms with E-state index in [9.17, 15) is 4.79 Å². The van der Waals surface area contributed by atoms with E-state index in [1.807, 2.05) is 48.5 Å². The highest BCUT2D eigenvalue weighted by molar-refractivity contribution is 5.91. The van der Waals surface area contributed by atoms with Crippen molar-refractivity contribution >= 4 is 23.5 Å². The molecule has 2 aromatic rings. The van der Waals surface area contributed by atoms with E-state index in [2.05, 4.69) is 17.2 Å². The fraction of sp³-hybridized carbons (Fsp3) is 0.333. The molecule has 25 heavy (non-hydrogen) atoms. The maximum atomic E-state index is 11.9. The second kappa shape index (κ2) is 10.3. The molecule has 0 saturated heterocycles. The molecule has 2 rings (SSSR count). The Labute approximate surface area is 149 Å². The number of nitrogens with one attached hydrogen (secondary N) is 1. The minimum Gasteiger partial charge on any atom is -0.497 e. The summed E-state index contributed by atoms with van der Waals surface area (Å²) in [6.07, 6.45) is 6.80. The highest BCUT2D eigenvalue weighted by Gasteiger charge is 2.02. The Kier molecular flexibility index (Phi) is 7.70. The van der Waals surface area contributed by atoms with Crippen LogP contribution in [0.25, 0.3) is 0 Å². The maximum Gasteiger partial charge on any atom is 0.224 e. The van der Waals surface area contributed by atoms with Crippen molar-refractivity contribution in [2.24, 2.45) is 4.99 Å². The third-order valence-electron chi connectivity index (χ3n) is 3.86. The molecular weight excluding hydrogens is 312 g/mol. The number of hydrogen-bond acceptors (Lipinski definition) is 3. The van der Waals surface area contributed by atoms with E-state index in [1.54, 1.807) is 13.3 Å². The third kappa shape index (κ3) is 6.79. The summed E-state index contributed by atoms with van der Waals surface area (Å²) >= 11 is 0. The van der Waals surface area contributed by atoms with E-state index in [1.165, 1.54) is 12.8 Å². The lowest BCUT2D eigenvalue weighted by Crippen LogP contribution is -2.10. The number of ether oxygens (including phenoxy) is 1. The van der Waals surface area contributed by atoms with Crippen LogP contribution in [0.3, 0.4) is 0 Å². The number of hydrogen-bond donors (Lipinski definition) is 1. The summed E-state index contributed by atoms with van der Waals surface area (Å²) in [5.74, 6) is 0.879. The van der Waals surface area contributed by atoms with Gasteiger partial charge < -0.3 is 10.1 Å². The van der Waals surface area contributed by atoms with E-state index >= 15 is 0 Å². The van der Waals surface area contributed by atoms with Crippen molar-refractivity contribution in [3.63, 3.8) is 0 Å². The Morgan fingerprint density at radius 3 is 2.64 bits per heavy atom. The van der Waals surface area contributed by atoms with Gasteiger partial charge in [0.2, 0.25) is 5.91 Å². The van der Waals surface area contributed by atoms with E-state index in [4.69, 9.17) is 4.74 Å². The highest BCUT2D eigenvalue weighted by atomic mass is 16.5. The summed E-state index contributed by atoms with van der Waals surface area (Å²) < 4.78 is 5.20. The summed E-state index contributed by atoms with van der Waals surface area (Å²) in [6.45, 7) is 2.17. The monoisotopic (exact) mass is 338 g/mol. The molecule has 1 N–H and O–H groups in total. The molecule has 2 aromatic carbocycles.